The second kappa shape index (κ2) is 10.9. The third-order valence-corrected chi connectivity index (χ3v) is 5.71. The first kappa shape index (κ1) is 22.1. The lowest BCUT2D eigenvalue weighted by molar-refractivity contribution is -0.152. The molecule has 1 aromatic carbocycles. The molecule has 0 radical (unpaired) electrons. The van der Waals surface area contributed by atoms with Crippen LogP contribution in [-0.2, 0) is 20.7 Å². The van der Waals surface area contributed by atoms with Gasteiger partial charge in [0.2, 0.25) is 0 Å². The second-order valence-corrected chi connectivity index (χ2v) is 7.97. The van der Waals surface area contributed by atoms with E-state index in [2.05, 4.69) is 10.6 Å². The van der Waals surface area contributed by atoms with Gasteiger partial charge in [0, 0.05) is 19.1 Å². The topological polar surface area (TPSA) is 87.7 Å². The first-order valence-corrected chi connectivity index (χ1v) is 10.8. The number of ether oxygens (including phenoxy) is 1. The van der Waals surface area contributed by atoms with Gasteiger partial charge in [0.05, 0.1) is 0 Å². The Hall–Kier alpha value is -2.64. The molecule has 8 heteroatoms. The molecule has 1 saturated heterocycles. The predicted octanol–water partition coefficient (Wildman–Crippen LogP) is 2.53. The summed E-state index contributed by atoms with van der Waals surface area (Å²) >= 11 is 0. The van der Waals surface area contributed by atoms with Gasteiger partial charge in [0.25, 0.3) is 5.91 Å². The van der Waals surface area contributed by atoms with Gasteiger partial charge < -0.3 is 20.3 Å². The zero-order chi connectivity index (χ0) is 21.3. The van der Waals surface area contributed by atoms with E-state index in [9.17, 15) is 18.8 Å². The fourth-order valence-corrected chi connectivity index (χ4v) is 4.04. The molecule has 1 heterocycles. The number of carbonyl (C=O) groups is 3. The van der Waals surface area contributed by atoms with Crippen molar-refractivity contribution in [2.45, 2.75) is 63.5 Å². The van der Waals surface area contributed by atoms with Crippen molar-refractivity contribution >= 4 is 17.9 Å². The van der Waals surface area contributed by atoms with E-state index < -0.39 is 17.9 Å². The average molecular weight is 419 g/mol. The summed E-state index contributed by atoms with van der Waals surface area (Å²) in [5.74, 6) is -1.25. The van der Waals surface area contributed by atoms with Crippen LogP contribution in [0, 0.1) is 5.82 Å². The molecule has 0 aromatic heterocycles. The highest BCUT2D eigenvalue weighted by atomic mass is 19.1. The normalized spacial score (nSPS) is 19.4. The summed E-state index contributed by atoms with van der Waals surface area (Å²) in [5, 5.41) is 5.71. The van der Waals surface area contributed by atoms with Crippen molar-refractivity contribution in [2.24, 2.45) is 0 Å². The van der Waals surface area contributed by atoms with Crippen LogP contribution in [0.5, 0.6) is 0 Å². The third-order valence-electron chi connectivity index (χ3n) is 5.71. The fourth-order valence-electron chi connectivity index (χ4n) is 4.04. The van der Waals surface area contributed by atoms with Crippen molar-refractivity contribution in [3.8, 4) is 0 Å². The summed E-state index contributed by atoms with van der Waals surface area (Å²) in [4.78, 5) is 38.5. The van der Waals surface area contributed by atoms with Crippen LogP contribution >= 0.6 is 0 Å². The number of rotatable bonds is 7. The lowest BCUT2D eigenvalue weighted by Crippen LogP contribution is -2.50. The Morgan fingerprint density at radius 1 is 1.03 bits per heavy atom. The van der Waals surface area contributed by atoms with Crippen LogP contribution in [-0.4, -0.2) is 54.6 Å². The number of esters is 1. The van der Waals surface area contributed by atoms with E-state index >= 15 is 0 Å². The Kier molecular flexibility index (Phi) is 8.04. The number of nitrogens with zero attached hydrogens (tertiary/aromatic N) is 1. The SMILES string of the molecule is O=C(COC(=O)[C@H]1CCCN1C(=O)NC1CCCCC1)NCCc1ccc(F)cc1. The number of likely N-dealkylation sites (tertiary alicyclic amines) is 1. The number of nitrogens with one attached hydrogen (secondary N) is 2. The molecular formula is C22H30FN3O4. The molecule has 0 spiro atoms. The maximum Gasteiger partial charge on any atom is 0.329 e. The summed E-state index contributed by atoms with van der Waals surface area (Å²) in [6.07, 6.45) is 7.23. The van der Waals surface area contributed by atoms with Gasteiger partial charge in [-0.15, -0.1) is 0 Å². The van der Waals surface area contributed by atoms with E-state index in [0.29, 0.717) is 25.9 Å². The third kappa shape index (κ3) is 6.43. The minimum absolute atomic E-state index is 0.176. The zero-order valence-electron chi connectivity index (χ0n) is 17.2. The standard InChI is InChI=1S/C22H30FN3O4/c23-17-10-8-16(9-11-17)12-13-24-20(27)15-30-21(28)19-7-4-14-26(19)22(29)25-18-5-2-1-3-6-18/h8-11,18-19H,1-7,12-15H2,(H,24,27)(H,25,29)/t19-/m1/s1. The van der Waals surface area contributed by atoms with Crippen LogP contribution in [0.25, 0.3) is 0 Å². The number of urea groups is 1. The molecule has 7 nitrogen and oxygen atoms in total. The summed E-state index contributed by atoms with van der Waals surface area (Å²) in [6, 6.07) is 5.39. The fraction of sp³-hybridized carbons (Fsp3) is 0.591. The van der Waals surface area contributed by atoms with Crippen LogP contribution in [0.4, 0.5) is 9.18 Å². The Bertz CT molecular complexity index is 734. The summed E-state index contributed by atoms with van der Waals surface area (Å²) < 4.78 is 18.0. The van der Waals surface area contributed by atoms with Crippen molar-refractivity contribution in [2.75, 3.05) is 19.7 Å². The Morgan fingerprint density at radius 3 is 2.50 bits per heavy atom. The molecule has 1 saturated carbocycles. The van der Waals surface area contributed by atoms with Crippen molar-refractivity contribution in [3.05, 3.63) is 35.6 Å². The van der Waals surface area contributed by atoms with Gasteiger partial charge in [-0.1, -0.05) is 31.4 Å². The molecule has 3 rings (SSSR count). The molecule has 0 bridgehead atoms. The molecule has 30 heavy (non-hydrogen) atoms. The zero-order valence-corrected chi connectivity index (χ0v) is 17.2. The monoisotopic (exact) mass is 419 g/mol. The minimum Gasteiger partial charge on any atom is -0.454 e. The van der Waals surface area contributed by atoms with Crippen molar-refractivity contribution in [3.63, 3.8) is 0 Å². The van der Waals surface area contributed by atoms with Crippen molar-refractivity contribution < 1.29 is 23.5 Å². The predicted molar refractivity (Wildman–Crippen MR) is 109 cm³/mol. The van der Waals surface area contributed by atoms with Crippen LogP contribution in [0.2, 0.25) is 0 Å². The lowest BCUT2D eigenvalue weighted by atomic mass is 9.96. The van der Waals surface area contributed by atoms with Gasteiger partial charge in [-0.25, -0.2) is 14.0 Å². The minimum atomic E-state index is -0.638. The highest BCUT2D eigenvalue weighted by Crippen LogP contribution is 2.21. The number of carbonyl (C=O) groups excluding carboxylic acids is 3. The molecule has 164 valence electrons. The number of halogens is 1. The smallest absolute Gasteiger partial charge is 0.329 e. The van der Waals surface area contributed by atoms with Gasteiger partial charge in [-0.2, -0.15) is 0 Å². The number of benzene rings is 1. The number of amides is 3. The van der Waals surface area contributed by atoms with Gasteiger partial charge in [0.1, 0.15) is 11.9 Å². The molecular weight excluding hydrogens is 389 g/mol. The number of hydrogen-bond acceptors (Lipinski definition) is 4. The highest BCUT2D eigenvalue weighted by molar-refractivity contribution is 5.86. The molecule has 1 aliphatic carbocycles. The maximum atomic E-state index is 12.9. The van der Waals surface area contributed by atoms with E-state index in [0.717, 1.165) is 37.7 Å². The van der Waals surface area contributed by atoms with Crippen molar-refractivity contribution in [1.29, 1.82) is 0 Å². The quantitative estimate of drug-likeness (QED) is 0.665. The van der Waals surface area contributed by atoms with Crippen molar-refractivity contribution in [1.82, 2.24) is 15.5 Å². The van der Waals surface area contributed by atoms with Gasteiger partial charge >= 0.3 is 12.0 Å². The Labute approximate surface area is 176 Å². The van der Waals surface area contributed by atoms with E-state index in [-0.39, 0.29) is 24.5 Å². The van der Waals surface area contributed by atoms with Gasteiger partial charge in [-0.3, -0.25) is 4.79 Å². The second-order valence-electron chi connectivity index (χ2n) is 7.97. The molecule has 1 aliphatic heterocycles. The molecule has 3 amide bonds. The molecule has 1 atom stereocenters. The van der Waals surface area contributed by atoms with Crippen LogP contribution in [0.3, 0.4) is 0 Å². The lowest BCUT2D eigenvalue weighted by Gasteiger charge is -2.28. The summed E-state index contributed by atoms with van der Waals surface area (Å²) in [5.41, 5.74) is 0.902. The molecule has 0 unspecified atom stereocenters. The van der Waals surface area contributed by atoms with E-state index in [1.807, 2.05) is 0 Å². The highest BCUT2D eigenvalue weighted by Gasteiger charge is 2.36. The number of hydrogen-bond donors (Lipinski definition) is 2. The Balaban J connectivity index is 1.37. The van der Waals surface area contributed by atoms with Crippen LogP contribution in [0.15, 0.2) is 24.3 Å². The van der Waals surface area contributed by atoms with E-state index in [4.69, 9.17) is 4.74 Å². The first-order valence-electron chi connectivity index (χ1n) is 10.8. The Morgan fingerprint density at radius 2 is 1.77 bits per heavy atom. The maximum absolute atomic E-state index is 12.9. The molecule has 2 fully saturated rings. The first-order chi connectivity index (χ1) is 14.5. The van der Waals surface area contributed by atoms with Crippen LogP contribution < -0.4 is 10.6 Å². The largest absolute Gasteiger partial charge is 0.454 e. The average Bonchev–Trinajstić information content (AvgIpc) is 3.24. The van der Waals surface area contributed by atoms with Gasteiger partial charge in [-0.05, 0) is 49.8 Å². The van der Waals surface area contributed by atoms with Crippen LogP contribution in [0.1, 0.15) is 50.5 Å². The van der Waals surface area contributed by atoms with Gasteiger partial charge in [0.15, 0.2) is 6.61 Å². The summed E-state index contributed by atoms with van der Waals surface area (Å²) in [6.45, 7) is 0.500. The summed E-state index contributed by atoms with van der Waals surface area (Å²) in [7, 11) is 0. The molecule has 1 aromatic rings. The van der Waals surface area contributed by atoms with E-state index in [1.54, 1.807) is 12.1 Å². The molecule has 2 aliphatic rings. The van der Waals surface area contributed by atoms with E-state index in [1.165, 1.54) is 23.5 Å². The molecule has 2 N–H and O–H groups in total.